The van der Waals surface area contributed by atoms with E-state index in [2.05, 4.69) is 40.0 Å². The minimum Gasteiger partial charge on any atom is -0.493 e. The fraction of sp³-hybridized carbons (Fsp3) is 0.182. The van der Waals surface area contributed by atoms with E-state index < -0.39 is 0 Å². The van der Waals surface area contributed by atoms with Crippen molar-refractivity contribution < 1.29 is 14.3 Å². The van der Waals surface area contributed by atoms with Crippen LogP contribution in [0.3, 0.4) is 0 Å². The van der Waals surface area contributed by atoms with Crippen LogP contribution in [-0.4, -0.2) is 25.3 Å². The average Bonchev–Trinajstić information content (AvgIpc) is 2.72. The number of ether oxygens (including phenoxy) is 2. The molecule has 3 rings (SSSR count). The Bertz CT molecular complexity index is 988. The highest BCUT2D eigenvalue weighted by molar-refractivity contribution is 14.1. The predicted molar refractivity (Wildman–Crippen MR) is 120 cm³/mol. The topological polar surface area (TPSA) is 59.9 Å². The Morgan fingerprint density at radius 1 is 1.04 bits per heavy atom. The van der Waals surface area contributed by atoms with Gasteiger partial charge in [-0.25, -0.2) is 5.43 Å². The van der Waals surface area contributed by atoms with Crippen molar-refractivity contribution in [2.45, 2.75) is 13.3 Å². The van der Waals surface area contributed by atoms with Crippen molar-refractivity contribution >= 4 is 45.5 Å². The van der Waals surface area contributed by atoms with Gasteiger partial charge in [0, 0.05) is 5.56 Å². The molecule has 0 aromatic heterocycles. The lowest BCUT2D eigenvalue weighted by molar-refractivity contribution is -0.123. The van der Waals surface area contributed by atoms with E-state index >= 15 is 0 Å². The van der Waals surface area contributed by atoms with E-state index in [-0.39, 0.29) is 12.5 Å². The molecular formula is C22H21IN2O3. The molecule has 0 spiro atoms. The lowest BCUT2D eigenvalue weighted by atomic mass is 10.0. The smallest absolute Gasteiger partial charge is 0.277 e. The van der Waals surface area contributed by atoms with Crippen LogP contribution in [0.1, 0.15) is 18.9 Å². The van der Waals surface area contributed by atoms with Crippen LogP contribution in [0.5, 0.6) is 11.5 Å². The number of amides is 1. The fourth-order valence-corrected chi connectivity index (χ4v) is 3.20. The number of para-hydroxylation sites is 1. The summed E-state index contributed by atoms with van der Waals surface area (Å²) in [6.07, 6.45) is 2.53. The monoisotopic (exact) mass is 488 g/mol. The molecule has 0 saturated carbocycles. The van der Waals surface area contributed by atoms with Gasteiger partial charge in [0.05, 0.1) is 16.4 Å². The quantitative estimate of drug-likeness (QED) is 0.283. The maximum atomic E-state index is 12.1. The number of hydrogen-bond donors (Lipinski definition) is 1. The first-order valence-electron chi connectivity index (χ1n) is 9.03. The van der Waals surface area contributed by atoms with Crippen LogP contribution < -0.4 is 14.9 Å². The molecule has 0 aliphatic rings. The SMILES string of the molecule is CCCOc1ccc2ccccc2c1/C=N/NC(=O)COc1ccccc1I. The lowest BCUT2D eigenvalue weighted by Crippen LogP contribution is -2.24. The van der Waals surface area contributed by atoms with E-state index in [4.69, 9.17) is 9.47 Å². The first-order valence-corrected chi connectivity index (χ1v) is 10.1. The summed E-state index contributed by atoms with van der Waals surface area (Å²) in [4.78, 5) is 12.1. The van der Waals surface area contributed by atoms with Crippen LogP contribution >= 0.6 is 22.6 Å². The molecule has 0 bridgehead atoms. The third kappa shape index (κ3) is 5.22. The zero-order valence-electron chi connectivity index (χ0n) is 15.5. The zero-order chi connectivity index (χ0) is 19.8. The molecule has 0 aliphatic heterocycles. The minimum atomic E-state index is -0.327. The van der Waals surface area contributed by atoms with Gasteiger partial charge in [-0.3, -0.25) is 4.79 Å². The Balaban J connectivity index is 1.69. The Morgan fingerprint density at radius 2 is 1.82 bits per heavy atom. The van der Waals surface area contributed by atoms with Gasteiger partial charge in [0.2, 0.25) is 0 Å². The normalized spacial score (nSPS) is 10.9. The van der Waals surface area contributed by atoms with Crippen molar-refractivity contribution in [3.05, 3.63) is 69.8 Å². The summed E-state index contributed by atoms with van der Waals surface area (Å²) in [6, 6.07) is 19.5. The molecule has 0 atom stereocenters. The van der Waals surface area contributed by atoms with Crippen LogP contribution in [-0.2, 0) is 4.79 Å². The van der Waals surface area contributed by atoms with Gasteiger partial charge in [-0.1, -0.05) is 49.4 Å². The number of rotatable bonds is 8. The molecule has 1 amide bonds. The van der Waals surface area contributed by atoms with E-state index in [0.29, 0.717) is 12.4 Å². The van der Waals surface area contributed by atoms with Crippen molar-refractivity contribution in [1.82, 2.24) is 5.43 Å². The highest BCUT2D eigenvalue weighted by atomic mass is 127. The number of nitrogens with one attached hydrogen (secondary N) is 1. The Labute approximate surface area is 177 Å². The minimum absolute atomic E-state index is 0.105. The molecule has 3 aromatic rings. The second-order valence-electron chi connectivity index (χ2n) is 6.06. The molecule has 0 radical (unpaired) electrons. The fourth-order valence-electron chi connectivity index (χ4n) is 2.65. The third-order valence-corrected chi connectivity index (χ3v) is 4.86. The largest absolute Gasteiger partial charge is 0.493 e. The number of hydrogen-bond acceptors (Lipinski definition) is 4. The molecule has 144 valence electrons. The van der Waals surface area contributed by atoms with Crippen LogP contribution in [0.4, 0.5) is 0 Å². The molecule has 0 unspecified atom stereocenters. The molecule has 0 aliphatic carbocycles. The molecule has 0 fully saturated rings. The average molecular weight is 488 g/mol. The van der Waals surface area contributed by atoms with Gasteiger partial charge >= 0.3 is 0 Å². The van der Waals surface area contributed by atoms with Gasteiger partial charge in [0.15, 0.2) is 6.61 Å². The molecule has 28 heavy (non-hydrogen) atoms. The predicted octanol–water partition coefficient (Wildman–Crippen LogP) is 4.76. The molecule has 0 heterocycles. The van der Waals surface area contributed by atoms with E-state index in [1.807, 2.05) is 60.7 Å². The number of halogens is 1. The molecule has 5 nitrogen and oxygen atoms in total. The maximum Gasteiger partial charge on any atom is 0.277 e. The number of carbonyl (C=O) groups excluding carboxylic acids is 1. The van der Waals surface area contributed by atoms with Crippen LogP contribution in [0.25, 0.3) is 10.8 Å². The van der Waals surface area contributed by atoms with Crippen molar-refractivity contribution in [2.75, 3.05) is 13.2 Å². The van der Waals surface area contributed by atoms with E-state index in [9.17, 15) is 4.79 Å². The van der Waals surface area contributed by atoms with Crippen LogP contribution in [0.2, 0.25) is 0 Å². The van der Waals surface area contributed by atoms with Gasteiger partial charge in [-0.05, 0) is 58.0 Å². The highest BCUT2D eigenvalue weighted by Crippen LogP contribution is 2.26. The van der Waals surface area contributed by atoms with E-state index in [1.165, 1.54) is 0 Å². The number of carbonyl (C=O) groups is 1. The molecular weight excluding hydrogens is 467 g/mol. The Hall–Kier alpha value is -2.61. The van der Waals surface area contributed by atoms with E-state index in [1.54, 1.807) is 6.21 Å². The van der Waals surface area contributed by atoms with Crippen molar-refractivity contribution in [1.29, 1.82) is 0 Å². The molecule has 1 N–H and O–H groups in total. The van der Waals surface area contributed by atoms with Crippen LogP contribution in [0.15, 0.2) is 65.8 Å². The van der Waals surface area contributed by atoms with Gasteiger partial charge < -0.3 is 9.47 Å². The van der Waals surface area contributed by atoms with Gasteiger partial charge in [0.1, 0.15) is 11.5 Å². The second-order valence-corrected chi connectivity index (χ2v) is 7.22. The lowest BCUT2D eigenvalue weighted by Gasteiger charge is -2.11. The Morgan fingerprint density at radius 3 is 2.64 bits per heavy atom. The van der Waals surface area contributed by atoms with Crippen molar-refractivity contribution in [2.24, 2.45) is 5.10 Å². The zero-order valence-corrected chi connectivity index (χ0v) is 17.7. The summed E-state index contributed by atoms with van der Waals surface area (Å²) in [6.45, 7) is 2.57. The number of nitrogens with zero attached hydrogens (tertiary/aromatic N) is 1. The first kappa shape index (κ1) is 20.1. The van der Waals surface area contributed by atoms with Gasteiger partial charge in [0.25, 0.3) is 5.91 Å². The van der Waals surface area contributed by atoms with Gasteiger partial charge in [-0.15, -0.1) is 0 Å². The number of hydrazone groups is 1. The number of fused-ring (bicyclic) bond motifs is 1. The van der Waals surface area contributed by atoms with E-state index in [0.717, 1.165) is 32.1 Å². The van der Waals surface area contributed by atoms with Crippen LogP contribution in [0, 0.1) is 3.57 Å². The molecule has 3 aromatic carbocycles. The van der Waals surface area contributed by atoms with Gasteiger partial charge in [-0.2, -0.15) is 5.10 Å². The third-order valence-electron chi connectivity index (χ3n) is 3.97. The summed E-state index contributed by atoms with van der Waals surface area (Å²) in [5, 5.41) is 6.21. The highest BCUT2D eigenvalue weighted by Gasteiger charge is 2.08. The summed E-state index contributed by atoms with van der Waals surface area (Å²) in [5.74, 6) is 1.09. The Kier molecular flexibility index (Phi) is 7.25. The summed E-state index contributed by atoms with van der Waals surface area (Å²) in [7, 11) is 0. The van der Waals surface area contributed by atoms with Crippen molar-refractivity contribution in [3.8, 4) is 11.5 Å². The standard InChI is InChI=1S/C22H21IN2O3/c1-2-13-27-20-12-11-16-7-3-4-8-17(16)18(20)14-24-25-22(26)15-28-21-10-6-5-9-19(21)23/h3-12,14H,2,13,15H2,1H3,(H,25,26)/b24-14+. The maximum absolute atomic E-state index is 12.1. The number of benzene rings is 3. The summed E-state index contributed by atoms with van der Waals surface area (Å²) >= 11 is 2.17. The summed E-state index contributed by atoms with van der Waals surface area (Å²) in [5.41, 5.74) is 3.35. The molecule has 6 heteroatoms. The second kappa shape index (κ2) is 10.1. The summed E-state index contributed by atoms with van der Waals surface area (Å²) < 4.78 is 12.3. The first-order chi connectivity index (χ1) is 13.7. The van der Waals surface area contributed by atoms with Crippen molar-refractivity contribution in [3.63, 3.8) is 0 Å². The molecule has 0 saturated heterocycles.